The van der Waals surface area contributed by atoms with E-state index in [2.05, 4.69) is 12.2 Å². The largest absolute Gasteiger partial charge is 0.313 e. The number of nitrogens with zero attached hydrogens (tertiary/aromatic N) is 1. The first-order valence-corrected chi connectivity index (χ1v) is 9.26. The molecule has 1 fully saturated rings. The molecule has 1 aromatic carbocycles. The zero-order valence-electron chi connectivity index (χ0n) is 12.6. The van der Waals surface area contributed by atoms with E-state index in [1.54, 1.807) is 16.4 Å². The summed E-state index contributed by atoms with van der Waals surface area (Å²) in [5.41, 5.74) is 0.935. The number of benzene rings is 1. The number of rotatable bonds is 5. The van der Waals surface area contributed by atoms with Gasteiger partial charge in [0.25, 0.3) is 0 Å². The van der Waals surface area contributed by atoms with E-state index < -0.39 is 10.0 Å². The van der Waals surface area contributed by atoms with E-state index >= 15 is 0 Å². The summed E-state index contributed by atoms with van der Waals surface area (Å²) in [4.78, 5) is 0.230. The maximum atomic E-state index is 12.8. The monoisotopic (exact) mass is 330 g/mol. The maximum absolute atomic E-state index is 12.8. The fraction of sp³-hybridized carbons (Fsp3) is 0.600. The van der Waals surface area contributed by atoms with Crippen LogP contribution in [0.15, 0.2) is 23.1 Å². The van der Waals surface area contributed by atoms with Crippen molar-refractivity contribution in [3.05, 3.63) is 28.8 Å². The van der Waals surface area contributed by atoms with Crippen LogP contribution in [0.5, 0.6) is 0 Å². The highest BCUT2D eigenvalue weighted by atomic mass is 35.5. The third-order valence-electron chi connectivity index (χ3n) is 3.81. The van der Waals surface area contributed by atoms with Crippen LogP contribution in [-0.2, 0) is 16.6 Å². The van der Waals surface area contributed by atoms with Crippen LogP contribution in [0, 0.1) is 5.92 Å². The van der Waals surface area contributed by atoms with Crippen LogP contribution in [0.3, 0.4) is 0 Å². The minimum Gasteiger partial charge on any atom is -0.313 e. The molecule has 1 aliphatic heterocycles. The molecule has 0 bridgehead atoms. The molecule has 1 atom stereocenters. The third kappa shape index (κ3) is 3.97. The molecule has 0 spiro atoms. The summed E-state index contributed by atoms with van der Waals surface area (Å²) in [5.74, 6) is 0.400. The Balaban J connectivity index is 2.30. The minimum absolute atomic E-state index is 0.230. The highest BCUT2D eigenvalue weighted by molar-refractivity contribution is 7.89. The lowest BCUT2D eigenvalue weighted by atomic mass is 10.0. The summed E-state index contributed by atoms with van der Waals surface area (Å²) in [7, 11) is -3.50. The lowest BCUT2D eigenvalue weighted by Crippen LogP contribution is -2.39. The molecule has 0 saturated carbocycles. The first kappa shape index (κ1) is 16.7. The van der Waals surface area contributed by atoms with Crippen molar-refractivity contribution >= 4 is 21.6 Å². The molecular weight excluding hydrogens is 308 g/mol. The second-order valence-electron chi connectivity index (χ2n) is 5.66. The predicted molar refractivity (Wildman–Crippen MR) is 86.0 cm³/mol. The average molecular weight is 331 g/mol. The summed E-state index contributed by atoms with van der Waals surface area (Å²) in [6, 6.07) is 5.23. The van der Waals surface area contributed by atoms with Gasteiger partial charge in [-0.15, -0.1) is 0 Å². The van der Waals surface area contributed by atoms with Crippen molar-refractivity contribution in [1.82, 2.24) is 9.62 Å². The summed E-state index contributed by atoms with van der Waals surface area (Å²) in [6.45, 7) is 6.76. The van der Waals surface area contributed by atoms with Crippen molar-refractivity contribution < 1.29 is 8.42 Å². The van der Waals surface area contributed by atoms with E-state index in [0.717, 1.165) is 24.9 Å². The van der Waals surface area contributed by atoms with E-state index in [1.165, 1.54) is 0 Å². The van der Waals surface area contributed by atoms with Gasteiger partial charge in [-0.25, -0.2) is 8.42 Å². The molecule has 4 nitrogen and oxygen atoms in total. The molecule has 21 heavy (non-hydrogen) atoms. The van der Waals surface area contributed by atoms with Gasteiger partial charge in [-0.3, -0.25) is 0 Å². The Bertz CT molecular complexity index is 589. The number of hydrogen-bond donors (Lipinski definition) is 1. The standard InChI is InChI=1S/C15H23ClN2O2S/c1-3-17-10-13-6-7-14(16)15(9-13)21(19,20)18-8-4-5-12(2)11-18/h6-7,9,12,17H,3-5,8,10-11H2,1-2H3. The summed E-state index contributed by atoms with van der Waals surface area (Å²) in [6.07, 6.45) is 2.00. The van der Waals surface area contributed by atoms with Crippen LogP contribution in [0.4, 0.5) is 0 Å². The molecule has 0 aromatic heterocycles. The Kier molecular flexibility index (Phi) is 5.66. The van der Waals surface area contributed by atoms with E-state index in [0.29, 0.717) is 30.6 Å². The Hall–Kier alpha value is -0.620. The Morgan fingerprint density at radius 2 is 2.19 bits per heavy atom. The summed E-state index contributed by atoms with van der Waals surface area (Å²) >= 11 is 6.14. The van der Waals surface area contributed by atoms with E-state index in [4.69, 9.17) is 11.6 Å². The first-order chi connectivity index (χ1) is 9.95. The number of halogens is 1. The molecule has 2 rings (SSSR count). The molecule has 1 unspecified atom stereocenters. The molecule has 1 saturated heterocycles. The van der Waals surface area contributed by atoms with Gasteiger partial charge in [0.1, 0.15) is 4.90 Å². The van der Waals surface area contributed by atoms with Crippen molar-refractivity contribution in [3.8, 4) is 0 Å². The van der Waals surface area contributed by atoms with E-state index in [-0.39, 0.29) is 4.90 Å². The van der Waals surface area contributed by atoms with Gasteiger partial charge in [0.15, 0.2) is 0 Å². The fourth-order valence-electron chi connectivity index (χ4n) is 2.63. The molecule has 1 aliphatic rings. The molecule has 1 N–H and O–H groups in total. The number of piperidine rings is 1. The molecule has 1 aromatic rings. The summed E-state index contributed by atoms with van der Waals surface area (Å²) < 4.78 is 27.2. The van der Waals surface area contributed by atoms with Gasteiger partial charge in [0, 0.05) is 19.6 Å². The molecular formula is C15H23ClN2O2S. The molecule has 6 heteroatoms. The Morgan fingerprint density at radius 1 is 1.43 bits per heavy atom. The fourth-order valence-corrected chi connectivity index (χ4v) is 4.75. The Morgan fingerprint density at radius 3 is 2.86 bits per heavy atom. The van der Waals surface area contributed by atoms with Crippen LogP contribution in [0.2, 0.25) is 5.02 Å². The average Bonchev–Trinajstić information content (AvgIpc) is 2.46. The van der Waals surface area contributed by atoms with Crippen LogP contribution >= 0.6 is 11.6 Å². The molecule has 1 heterocycles. The smallest absolute Gasteiger partial charge is 0.244 e. The number of nitrogens with one attached hydrogen (secondary N) is 1. The highest BCUT2D eigenvalue weighted by Crippen LogP contribution is 2.29. The quantitative estimate of drug-likeness (QED) is 0.903. The third-order valence-corrected chi connectivity index (χ3v) is 6.16. The number of hydrogen-bond acceptors (Lipinski definition) is 3. The Labute approximate surface area is 132 Å². The second kappa shape index (κ2) is 7.09. The zero-order chi connectivity index (χ0) is 15.5. The van der Waals surface area contributed by atoms with Gasteiger partial charge in [0.2, 0.25) is 10.0 Å². The van der Waals surface area contributed by atoms with Crippen molar-refractivity contribution in [2.75, 3.05) is 19.6 Å². The van der Waals surface area contributed by atoms with Gasteiger partial charge in [-0.05, 0) is 43.0 Å². The van der Waals surface area contributed by atoms with Crippen molar-refractivity contribution in [2.24, 2.45) is 5.92 Å². The molecule has 0 radical (unpaired) electrons. The van der Waals surface area contributed by atoms with Crippen LogP contribution in [-0.4, -0.2) is 32.4 Å². The van der Waals surface area contributed by atoms with E-state index in [1.807, 2.05) is 13.0 Å². The zero-order valence-corrected chi connectivity index (χ0v) is 14.2. The van der Waals surface area contributed by atoms with Crippen molar-refractivity contribution in [2.45, 2.75) is 38.1 Å². The maximum Gasteiger partial charge on any atom is 0.244 e. The van der Waals surface area contributed by atoms with Gasteiger partial charge in [-0.1, -0.05) is 31.5 Å². The molecule has 118 valence electrons. The van der Waals surface area contributed by atoms with Gasteiger partial charge in [0.05, 0.1) is 5.02 Å². The van der Waals surface area contributed by atoms with Crippen LogP contribution in [0.1, 0.15) is 32.3 Å². The number of sulfonamides is 1. The lowest BCUT2D eigenvalue weighted by molar-refractivity contribution is 0.281. The SMILES string of the molecule is CCNCc1ccc(Cl)c(S(=O)(=O)N2CCCC(C)C2)c1. The van der Waals surface area contributed by atoms with Crippen LogP contribution in [0.25, 0.3) is 0 Å². The van der Waals surface area contributed by atoms with E-state index in [9.17, 15) is 8.42 Å². The molecule has 0 amide bonds. The van der Waals surface area contributed by atoms with Crippen molar-refractivity contribution in [1.29, 1.82) is 0 Å². The first-order valence-electron chi connectivity index (χ1n) is 7.44. The summed E-state index contributed by atoms with van der Waals surface area (Å²) in [5, 5.41) is 3.50. The highest BCUT2D eigenvalue weighted by Gasteiger charge is 2.30. The lowest BCUT2D eigenvalue weighted by Gasteiger charge is -2.30. The van der Waals surface area contributed by atoms with Gasteiger partial charge in [-0.2, -0.15) is 4.31 Å². The molecule has 0 aliphatic carbocycles. The van der Waals surface area contributed by atoms with Crippen LogP contribution < -0.4 is 5.32 Å². The topological polar surface area (TPSA) is 49.4 Å². The second-order valence-corrected chi connectivity index (χ2v) is 7.97. The predicted octanol–water partition coefficient (Wildman–Crippen LogP) is 2.87. The van der Waals surface area contributed by atoms with Gasteiger partial charge >= 0.3 is 0 Å². The van der Waals surface area contributed by atoms with Crippen molar-refractivity contribution in [3.63, 3.8) is 0 Å². The normalized spacial score (nSPS) is 20.6. The minimum atomic E-state index is -3.50. The van der Waals surface area contributed by atoms with Gasteiger partial charge < -0.3 is 5.32 Å².